The Kier molecular flexibility index (Phi) is 4.31. The quantitative estimate of drug-likeness (QED) is 0.893. The van der Waals surface area contributed by atoms with Crippen LogP contribution in [0, 0.1) is 0 Å². The number of nitrogens with zero attached hydrogens (tertiary/aromatic N) is 3. The number of hydrogen-bond acceptors (Lipinski definition) is 5. The summed E-state index contributed by atoms with van der Waals surface area (Å²) in [6, 6.07) is 6.42. The average Bonchev–Trinajstić information content (AvgIpc) is 2.48. The molecule has 2 aromatic rings. The van der Waals surface area contributed by atoms with Gasteiger partial charge in [-0.1, -0.05) is 0 Å². The molecule has 0 fully saturated rings. The minimum atomic E-state index is -3.68. The lowest BCUT2D eigenvalue weighted by Crippen LogP contribution is -2.32. The van der Waals surface area contributed by atoms with Crippen LogP contribution in [-0.2, 0) is 16.6 Å². The molecule has 0 atom stereocenters. The lowest BCUT2D eigenvalue weighted by Gasteiger charge is -2.23. The molecule has 0 saturated heterocycles. The second-order valence-corrected chi connectivity index (χ2v) is 5.86. The highest BCUT2D eigenvalue weighted by Crippen LogP contribution is 2.24. The zero-order valence-electron chi connectivity index (χ0n) is 11.1. The Labute approximate surface area is 118 Å². The largest absolute Gasteiger partial charge is 0.325 e. The number of aromatic nitrogens is 2. The van der Waals surface area contributed by atoms with E-state index in [1.54, 1.807) is 37.5 Å². The Balaban J connectivity index is 2.53. The predicted octanol–water partition coefficient (Wildman–Crippen LogP) is 1.15. The highest BCUT2D eigenvalue weighted by molar-refractivity contribution is 7.92. The van der Waals surface area contributed by atoms with E-state index in [1.165, 1.54) is 16.6 Å². The first-order valence-electron chi connectivity index (χ1n) is 6.18. The normalized spacial score (nSPS) is 11.3. The first kappa shape index (κ1) is 14.4. The molecule has 0 unspecified atom stereocenters. The summed E-state index contributed by atoms with van der Waals surface area (Å²) in [5.74, 6) is 0. The van der Waals surface area contributed by atoms with Crippen molar-refractivity contribution in [3.05, 3.63) is 48.5 Å². The topological polar surface area (TPSA) is 89.2 Å². The first-order valence-corrected chi connectivity index (χ1v) is 7.62. The van der Waals surface area contributed by atoms with Gasteiger partial charge in [-0.05, 0) is 31.2 Å². The Morgan fingerprint density at radius 1 is 1.20 bits per heavy atom. The second-order valence-electron chi connectivity index (χ2n) is 4.03. The number of anilines is 1. The van der Waals surface area contributed by atoms with Gasteiger partial charge in [0.1, 0.15) is 4.90 Å². The minimum Gasteiger partial charge on any atom is -0.325 e. The number of hydrogen-bond donors (Lipinski definition) is 1. The molecule has 0 spiro atoms. The van der Waals surface area contributed by atoms with Gasteiger partial charge in [-0.25, -0.2) is 8.42 Å². The van der Waals surface area contributed by atoms with Gasteiger partial charge >= 0.3 is 0 Å². The molecule has 0 bridgehead atoms. The van der Waals surface area contributed by atoms with E-state index in [9.17, 15) is 8.42 Å². The van der Waals surface area contributed by atoms with Crippen LogP contribution in [-0.4, -0.2) is 24.9 Å². The molecule has 20 heavy (non-hydrogen) atoms. The van der Waals surface area contributed by atoms with Crippen molar-refractivity contribution in [3.63, 3.8) is 0 Å². The molecule has 0 saturated carbocycles. The van der Waals surface area contributed by atoms with Crippen molar-refractivity contribution in [3.8, 4) is 0 Å². The lowest BCUT2D eigenvalue weighted by molar-refractivity contribution is 0.590. The summed E-state index contributed by atoms with van der Waals surface area (Å²) in [4.78, 5) is 8.07. The zero-order chi connectivity index (χ0) is 14.6. The van der Waals surface area contributed by atoms with E-state index in [1.807, 2.05) is 0 Å². The fourth-order valence-corrected chi connectivity index (χ4v) is 3.59. The molecule has 2 aromatic heterocycles. The van der Waals surface area contributed by atoms with Gasteiger partial charge in [0.2, 0.25) is 0 Å². The zero-order valence-corrected chi connectivity index (χ0v) is 11.9. The smallest absolute Gasteiger partial charge is 0.266 e. The minimum absolute atomic E-state index is 0.0727. The van der Waals surface area contributed by atoms with E-state index < -0.39 is 10.0 Å². The van der Waals surface area contributed by atoms with Gasteiger partial charge in [-0.15, -0.1) is 0 Å². The standard InChI is InChI=1S/C13H16N4O2S/c1-2-17(11-5-8-15-9-6-11)20(18,19)13-4-3-7-16-12(13)10-14/h3-9H,2,10,14H2,1H3. The van der Waals surface area contributed by atoms with Crippen molar-refractivity contribution >= 4 is 15.7 Å². The van der Waals surface area contributed by atoms with Gasteiger partial charge in [0.15, 0.2) is 0 Å². The van der Waals surface area contributed by atoms with Crippen LogP contribution in [0.5, 0.6) is 0 Å². The van der Waals surface area contributed by atoms with Crippen LogP contribution in [0.2, 0.25) is 0 Å². The molecule has 2 rings (SSSR count). The van der Waals surface area contributed by atoms with Gasteiger partial charge in [0.25, 0.3) is 10.0 Å². The van der Waals surface area contributed by atoms with Crippen molar-refractivity contribution in [2.24, 2.45) is 5.73 Å². The molecule has 0 aliphatic heterocycles. The first-order chi connectivity index (χ1) is 9.61. The number of rotatable bonds is 5. The van der Waals surface area contributed by atoms with Gasteiger partial charge in [0, 0.05) is 31.7 Å². The van der Waals surface area contributed by atoms with E-state index >= 15 is 0 Å². The van der Waals surface area contributed by atoms with E-state index in [0.717, 1.165) is 0 Å². The molecule has 2 heterocycles. The van der Waals surface area contributed by atoms with Crippen molar-refractivity contribution in [1.29, 1.82) is 0 Å². The summed E-state index contributed by atoms with van der Waals surface area (Å²) in [6.07, 6.45) is 4.64. The third kappa shape index (κ3) is 2.63. The molecule has 6 nitrogen and oxygen atoms in total. The number of pyridine rings is 2. The van der Waals surface area contributed by atoms with Crippen LogP contribution >= 0.6 is 0 Å². The maximum absolute atomic E-state index is 12.8. The Bertz CT molecular complexity index is 674. The van der Waals surface area contributed by atoms with Crippen molar-refractivity contribution in [2.75, 3.05) is 10.8 Å². The van der Waals surface area contributed by atoms with E-state index in [4.69, 9.17) is 5.73 Å². The van der Waals surface area contributed by atoms with Crippen LogP contribution in [0.4, 0.5) is 5.69 Å². The molecule has 0 amide bonds. The maximum Gasteiger partial charge on any atom is 0.266 e. The summed E-state index contributed by atoms with van der Waals surface area (Å²) >= 11 is 0. The third-order valence-electron chi connectivity index (χ3n) is 2.85. The van der Waals surface area contributed by atoms with E-state index in [0.29, 0.717) is 17.9 Å². The van der Waals surface area contributed by atoms with E-state index in [-0.39, 0.29) is 11.4 Å². The molecular formula is C13H16N4O2S. The Morgan fingerprint density at radius 2 is 1.90 bits per heavy atom. The molecule has 0 aliphatic rings. The third-order valence-corrected chi connectivity index (χ3v) is 4.82. The molecule has 0 radical (unpaired) electrons. The molecule has 106 valence electrons. The highest BCUT2D eigenvalue weighted by Gasteiger charge is 2.26. The van der Waals surface area contributed by atoms with Crippen LogP contribution < -0.4 is 10.0 Å². The molecular weight excluding hydrogens is 276 g/mol. The summed E-state index contributed by atoms with van der Waals surface area (Å²) in [6.45, 7) is 2.16. The van der Waals surface area contributed by atoms with E-state index in [2.05, 4.69) is 9.97 Å². The van der Waals surface area contributed by atoms with Crippen LogP contribution in [0.15, 0.2) is 47.8 Å². The molecule has 2 N–H and O–H groups in total. The summed E-state index contributed by atoms with van der Waals surface area (Å²) < 4.78 is 26.8. The SMILES string of the molecule is CCN(c1ccncc1)S(=O)(=O)c1cccnc1CN. The fraction of sp³-hybridized carbons (Fsp3) is 0.231. The Hall–Kier alpha value is -1.99. The molecule has 0 aromatic carbocycles. The number of nitrogens with two attached hydrogens (primary N) is 1. The second kappa shape index (κ2) is 5.98. The van der Waals surface area contributed by atoms with Gasteiger partial charge in [-0.2, -0.15) is 0 Å². The average molecular weight is 292 g/mol. The number of sulfonamides is 1. The van der Waals surface area contributed by atoms with Crippen molar-refractivity contribution < 1.29 is 8.42 Å². The van der Waals surface area contributed by atoms with Crippen LogP contribution in [0.3, 0.4) is 0 Å². The predicted molar refractivity (Wildman–Crippen MR) is 76.6 cm³/mol. The summed E-state index contributed by atoms with van der Waals surface area (Å²) in [5, 5.41) is 0. The maximum atomic E-state index is 12.8. The Morgan fingerprint density at radius 3 is 2.50 bits per heavy atom. The van der Waals surface area contributed by atoms with Crippen LogP contribution in [0.1, 0.15) is 12.6 Å². The molecule has 0 aliphatic carbocycles. The van der Waals surface area contributed by atoms with Crippen LogP contribution in [0.25, 0.3) is 0 Å². The molecule has 7 heteroatoms. The van der Waals surface area contributed by atoms with Crippen molar-refractivity contribution in [2.45, 2.75) is 18.4 Å². The van der Waals surface area contributed by atoms with Gasteiger partial charge in [-0.3, -0.25) is 14.3 Å². The summed E-state index contributed by atoms with van der Waals surface area (Å²) in [5.41, 5.74) is 6.50. The lowest BCUT2D eigenvalue weighted by atomic mass is 10.3. The highest BCUT2D eigenvalue weighted by atomic mass is 32.2. The van der Waals surface area contributed by atoms with Gasteiger partial charge in [0.05, 0.1) is 11.4 Å². The monoisotopic (exact) mass is 292 g/mol. The fourth-order valence-electron chi connectivity index (χ4n) is 1.93. The summed E-state index contributed by atoms with van der Waals surface area (Å²) in [7, 11) is -3.68. The van der Waals surface area contributed by atoms with Gasteiger partial charge < -0.3 is 5.73 Å². The van der Waals surface area contributed by atoms with Crippen molar-refractivity contribution in [1.82, 2.24) is 9.97 Å².